The Labute approximate surface area is 125 Å². The first kappa shape index (κ1) is 13.5. The minimum atomic E-state index is -0.354. The molecular formula is C14H11ClFN5. The molecule has 0 saturated heterocycles. The molecule has 0 spiro atoms. The van der Waals surface area contributed by atoms with Crippen molar-refractivity contribution in [1.29, 1.82) is 0 Å². The SMILES string of the molecule is Cc1ccc(F)cc1-n1nnnc1-c1ccc(Cl)c(N)c1. The van der Waals surface area contributed by atoms with Crippen molar-refractivity contribution >= 4 is 17.3 Å². The Morgan fingerprint density at radius 2 is 2.00 bits per heavy atom. The summed E-state index contributed by atoms with van der Waals surface area (Å²) < 4.78 is 14.9. The molecule has 0 bridgehead atoms. The van der Waals surface area contributed by atoms with Crippen LogP contribution in [-0.2, 0) is 0 Å². The van der Waals surface area contributed by atoms with Gasteiger partial charge in [0.25, 0.3) is 0 Å². The highest BCUT2D eigenvalue weighted by molar-refractivity contribution is 6.33. The lowest BCUT2D eigenvalue weighted by molar-refractivity contribution is 0.624. The van der Waals surface area contributed by atoms with E-state index in [9.17, 15) is 4.39 Å². The predicted octanol–water partition coefficient (Wildman–Crippen LogP) is 3.01. The summed E-state index contributed by atoms with van der Waals surface area (Å²) in [5.74, 6) is 0.111. The lowest BCUT2D eigenvalue weighted by Crippen LogP contribution is -2.03. The molecule has 1 aromatic heterocycles. The standard InChI is InChI=1S/C14H11ClFN5/c1-8-2-4-10(16)7-13(8)21-14(18-19-20-21)9-3-5-11(15)12(17)6-9/h2-7H,17H2,1H3. The van der Waals surface area contributed by atoms with Crippen molar-refractivity contribution in [1.82, 2.24) is 20.2 Å². The lowest BCUT2D eigenvalue weighted by Gasteiger charge is -2.08. The van der Waals surface area contributed by atoms with Gasteiger partial charge in [0, 0.05) is 5.56 Å². The van der Waals surface area contributed by atoms with E-state index in [0.29, 0.717) is 27.8 Å². The first-order valence-electron chi connectivity index (χ1n) is 6.16. The van der Waals surface area contributed by atoms with E-state index in [1.165, 1.54) is 16.8 Å². The van der Waals surface area contributed by atoms with Crippen LogP contribution in [0.4, 0.5) is 10.1 Å². The van der Waals surface area contributed by atoms with Crippen LogP contribution in [0, 0.1) is 12.7 Å². The summed E-state index contributed by atoms with van der Waals surface area (Å²) in [6.45, 7) is 1.86. The summed E-state index contributed by atoms with van der Waals surface area (Å²) in [6, 6.07) is 9.56. The van der Waals surface area contributed by atoms with Crippen LogP contribution in [0.2, 0.25) is 5.02 Å². The van der Waals surface area contributed by atoms with Gasteiger partial charge in [-0.05, 0) is 53.2 Å². The van der Waals surface area contributed by atoms with Crippen LogP contribution >= 0.6 is 11.6 Å². The second-order valence-electron chi connectivity index (χ2n) is 4.58. The van der Waals surface area contributed by atoms with Gasteiger partial charge in [0.05, 0.1) is 16.4 Å². The highest BCUT2D eigenvalue weighted by atomic mass is 35.5. The number of rotatable bonds is 2. The van der Waals surface area contributed by atoms with Crippen molar-refractivity contribution in [3.8, 4) is 17.1 Å². The van der Waals surface area contributed by atoms with Gasteiger partial charge >= 0.3 is 0 Å². The normalized spacial score (nSPS) is 10.8. The zero-order valence-corrected chi connectivity index (χ0v) is 11.8. The third kappa shape index (κ3) is 2.45. The van der Waals surface area contributed by atoms with Gasteiger partial charge < -0.3 is 5.73 Å². The summed E-state index contributed by atoms with van der Waals surface area (Å²) in [5, 5.41) is 12.0. The molecule has 0 radical (unpaired) electrons. The van der Waals surface area contributed by atoms with Crippen LogP contribution < -0.4 is 5.73 Å². The molecule has 1 heterocycles. The fraction of sp³-hybridized carbons (Fsp3) is 0.0714. The first-order chi connectivity index (χ1) is 10.1. The van der Waals surface area contributed by atoms with Gasteiger partial charge in [-0.25, -0.2) is 4.39 Å². The summed E-state index contributed by atoms with van der Waals surface area (Å²) in [7, 11) is 0. The van der Waals surface area contributed by atoms with Gasteiger partial charge in [-0.3, -0.25) is 0 Å². The molecule has 0 unspecified atom stereocenters. The van der Waals surface area contributed by atoms with Gasteiger partial charge in [-0.2, -0.15) is 4.68 Å². The Morgan fingerprint density at radius 1 is 1.19 bits per heavy atom. The number of hydrogen-bond acceptors (Lipinski definition) is 4. The van der Waals surface area contributed by atoms with Crippen LogP contribution in [0.15, 0.2) is 36.4 Å². The molecular weight excluding hydrogens is 293 g/mol. The molecule has 3 rings (SSSR count). The molecule has 2 N–H and O–H groups in total. The molecule has 0 saturated carbocycles. The highest BCUT2D eigenvalue weighted by Gasteiger charge is 2.14. The van der Waals surface area contributed by atoms with E-state index in [-0.39, 0.29) is 5.82 Å². The molecule has 0 atom stereocenters. The molecule has 21 heavy (non-hydrogen) atoms. The zero-order valence-electron chi connectivity index (χ0n) is 11.1. The van der Waals surface area contributed by atoms with E-state index in [0.717, 1.165) is 5.56 Å². The number of aryl methyl sites for hydroxylation is 1. The third-order valence-corrected chi connectivity index (χ3v) is 3.47. The molecule has 0 fully saturated rings. The molecule has 3 aromatic rings. The Bertz CT molecular complexity index is 815. The van der Waals surface area contributed by atoms with Crippen LogP contribution in [0.3, 0.4) is 0 Å². The monoisotopic (exact) mass is 303 g/mol. The number of nitrogen functional groups attached to an aromatic ring is 1. The second-order valence-corrected chi connectivity index (χ2v) is 4.99. The van der Waals surface area contributed by atoms with Crippen molar-refractivity contribution in [2.45, 2.75) is 6.92 Å². The maximum absolute atomic E-state index is 13.5. The average Bonchev–Trinajstić information content (AvgIpc) is 2.93. The van der Waals surface area contributed by atoms with E-state index in [1.807, 2.05) is 6.92 Å². The maximum atomic E-state index is 13.5. The second kappa shape index (κ2) is 5.14. The molecule has 0 aliphatic heterocycles. The van der Waals surface area contributed by atoms with Crippen molar-refractivity contribution < 1.29 is 4.39 Å². The van der Waals surface area contributed by atoms with E-state index in [4.69, 9.17) is 17.3 Å². The Morgan fingerprint density at radius 3 is 2.76 bits per heavy atom. The first-order valence-corrected chi connectivity index (χ1v) is 6.54. The summed E-state index contributed by atoms with van der Waals surface area (Å²) in [5.41, 5.74) is 8.36. The van der Waals surface area contributed by atoms with Crippen LogP contribution in [-0.4, -0.2) is 20.2 Å². The minimum absolute atomic E-state index is 0.354. The fourth-order valence-corrected chi connectivity index (χ4v) is 2.14. The number of benzene rings is 2. The largest absolute Gasteiger partial charge is 0.398 e. The average molecular weight is 304 g/mol. The highest BCUT2D eigenvalue weighted by Crippen LogP contribution is 2.27. The predicted molar refractivity (Wildman–Crippen MR) is 78.7 cm³/mol. The smallest absolute Gasteiger partial charge is 0.187 e. The van der Waals surface area contributed by atoms with Crippen molar-refractivity contribution in [3.63, 3.8) is 0 Å². The Balaban J connectivity index is 2.17. The van der Waals surface area contributed by atoms with Gasteiger partial charge in [0.1, 0.15) is 5.82 Å². The van der Waals surface area contributed by atoms with E-state index < -0.39 is 0 Å². The van der Waals surface area contributed by atoms with E-state index >= 15 is 0 Å². The van der Waals surface area contributed by atoms with Gasteiger partial charge in [-0.15, -0.1) is 5.10 Å². The summed E-state index contributed by atoms with van der Waals surface area (Å²) >= 11 is 5.91. The number of nitrogens with zero attached hydrogens (tertiary/aromatic N) is 4. The number of nitrogens with two attached hydrogens (primary N) is 1. The number of halogens is 2. The summed E-state index contributed by atoms with van der Waals surface area (Å²) in [6.07, 6.45) is 0. The van der Waals surface area contributed by atoms with E-state index in [1.54, 1.807) is 24.3 Å². The fourth-order valence-electron chi connectivity index (χ4n) is 2.02. The van der Waals surface area contributed by atoms with Gasteiger partial charge in [0.2, 0.25) is 0 Å². The Hall–Kier alpha value is -2.47. The van der Waals surface area contributed by atoms with Crippen molar-refractivity contribution in [2.24, 2.45) is 0 Å². The quantitative estimate of drug-likeness (QED) is 0.739. The van der Waals surface area contributed by atoms with E-state index in [2.05, 4.69) is 15.5 Å². The number of aromatic nitrogens is 4. The van der Waals surface area contributed by atoms with Gasteiger partial charge in [-0.1, -0.05) is 17.7 Å². The topological polar surface area (TPSA) is 69.6 Å². The number of hydrogen-bond donors (Lipinski definition) is 1. The number of tetrazole rings is 1. The Kier molecular flexibility index (Phi) is 3.31. The molecule has 0 aliphatic carbocycles. The van der Waals surface area contributed by atoms with Crippen LogP contribution in [0.25, 0.3) is 17.1 Å². The maximum Gasteiger partial charge on any atom is 0.187 e. The molecule has 106 valence electrons. The zero-order chi connectivity index (χ0) is 15.0. The molecule has 2 aromatic carbocycles. The van der Waals surface area contributed by atoms with Gasteiger partial charge in [0.15, 0.2) is 5.82 Å². The van der Waals surface area contributed by atoms with Crippen LogP contribution in [0.5, 0.6) is 0 Å². The summed E-state index contributed by atoms with van der Waals surface area (Å²) in [4.78, 5) is 0. The third-order valence-electron chi connectivity index (χ3n) is 3.12. The molecule has 7 heteroatoms. The minimum Gasteiger partial charge on any atom is -0.398 e. The number of anilines is 1. The molecule has 0 amide bonds. The molecule has 0 aliphatic rings. The van der Waals surface area contributed by atoms with Crippen molar-refractivity contribution in [3.05, 3.63) is 52.8 Å². The molecule has 5 nitrogen and oxygen atoms in total. The van der Waals surface area contributed by atoms with Crippen LogP contribution in [0.1, 0.15) is 5.56 Å². The lowest BCUT2D eigenvalue weighted by atomic mass is 10.1. The van der Waals surface area contributed by atoms with Crippen molar-refractivity contribution in [2.75, 3.05) is 5.73 Å².